The summed E-state index contributed by atoms with van der Waals surface area (Å²) in [7, 11) is 0. The van der Waals surface area contributed by atoms with Crippen molar-refractivity contribution in [2.45, 2.75) is 19.5 Å². The maximum absolute atomic E-state index is 13.0. The lowest BCUT2D eigenvalue weighted by Gasteiger charge is -2.15. The van der Waals surface area contributed by atoms with Gasteiger partial charge in [0.1, 0.15) is 11.6 Å². The highest BCUT2D eigenvalue weighted by Gasteiger charge is 2.12. The fourth-order valence-corrected chi connectivity index (χ4v) is 2.25. The summed E-state index contributed by atoms with van der Waals surface area (Å²) in [5.74, 6) is 0.270. The SMILES string of the molecule is CC(NCc1nnc2ccccn12)c1ccc(F)cc1O. The molecule has 0 radical (unpaired) electrons. The number of rotatable bonds is 4. The molecule has 0 aliphatic heterocycles. The first kappa shape index (κ1) is 13.5. The summed E-state index contributed by atoms with van der Waals surface area (Å²) >= 11 is 0. The second-order valence-corrected chi connectivity index (χ2v) is 4.85. The Morgan fingerprint density at radius 2 is 2.14 bits per heavy atom. The van der Waals surface area contributed by atoms with Gasteiger partial charge in [0, 0.05) is 23.9 Å². The van der Waals surface area contributed by atoms with Gasteiger partial charge in [-0.05, 0) is 25.1 Å². The van der Waals surface area contributed by atoms with Gasteiger partial charge in [-0.1, -0.05) is 12.1 Å². The largest absolute Gasteiger partial charge is 0.508 e. The van der Waals surface area contributed by atoms with E-state index < -0.39 is 5.82 Å². The first-order chi connectivity index (χ1) is 10.1. The van der Waals surface area contributed by atoms with E-state index in [4.69, 9.17) is 0 Å². The number of phenols is 1. The van der Waals surface area contributed by atoms with E-state index in [-0.39, 0.29) is 11.8 Å². The van der Waals surface area contributed by atoms with Crippen molar-refractivity contribution in [3.05, 3.63) is 59.8 Å². The van der Waals surface area contributed by atoms with Gasteiger partial charge in [0.25, 0.3) is 0 Å². The highest BCUT2D eigenvalue weighted by atomic mass is 19.1. The first-order valence-electron chi connectivity index (χ1n) is 6.65. The number of aromatic nitrogens is 3. The molecule has 0 spiro atoms. The van der Waals surface area contributed by atoms with Crippen molar-refractivity contribution in [1.82, 2.24) is 19.9 Å². The van der Waals surface area contributed by atoms with Crippen molar-refractivity contribution in [3.63, 3.8) is 0 Å². The average molecular weight is 286 g/mol. The monoisotopic (exact) mass is 286 g/mol. The van der Waals surface area contributed by atoms with Crippen LogP contribution in [0.2, 0.25) is 0 Å². The number of pyridine rings is 1. The molecule has 1 unspecified atom stereocenters. The molecule has 3 rings (SSSR count). The second-order valence-electron chi connectivity index (χ2n) is 4.85. The molecule has 108 valence electrons. The van der Waals surface area contributed by atoms with E-state index in [1.54, 1.807) is 6.07 Å². The Morgan fingerprint density at radius 1 is 1.29 bits per heavy atom. The molecule has 5 nitrogen and oxygen atoms in total. The third kappa shape index (κ3) is 2.71. The third-order valence-electron chi connectivity index (χ3n) is 3.41. The van der Waals surface area contributed by atoms with Crippen LogP contribution >= 0.6 is 0 Å². The van der Waals surface area contributed by atoms with Crippen LogP contribution < -0.4 is 5.32 Å². The van der Waals surface area contributed by atoms with Crippen LogP contribution in [0.1, 0.15) is 24.4 Å². The van der Waals surface area contributed by atoms with Gasteiger partial charge in [-0.15, -0.1) is 10.2 Å². The Hall–Kier alpha value is -2.47. The molecular formula is C15H15FN4O. The lowest BCUT2D eigenvalue weighted by molar-refractivity contribution is 0.445. The number of hydrogen-bond donors (Lipinski definition) is 2. The minimum atomic E-state index is -0.452. The number of halogens is 1. The van der Waals surface area contributed by atoms with Crippen LogP contribution in [0.25, 0.3) is 5.65 Å². The minimum Gasteiger partial charge on any atom is -0.508 e. The van der Waals surface area contributed by atoms with Crippen molar-refractivity contribution in [1.29, 1.82) is 0 Å². The minimum absolute atomic E-state index is 0.0545. The fourth-order valence-electron chi connectivity index (χ4n) is 2.25. The van der Waals surface area contributed by atoms with Crippen LogP contribution in [-0.4, -0.2) is 19.7 Å². The number of nitrogens with zero attached hydrogens (tertiary/aromatic N) is 3. The topological polar surface area (TPSA) is 62.5 Å². The zero-order valence-corrected chi connectivity index (χ0v) is 11.5. The van der Waals surface area contributed by atoms with E-state index in [2.05, 4.69) is 15.5 Å². The van der Waals surface area contributed by atoms with E-state index in [9.17, 15) is 9.50 Å². The van der Waals surface area contributed by atoms with Gasteiger partial charge in [-0.2, -0.15) is 0 Å². The molecule has 0 amide bonds. The highest BCUT2D eigenvalue weighted by Crippen LogP contribution is 2.24. The van der Waals surface area contributed by atoms with Gasteiger partial charge >= 0.3 is 0 Å². The van der Waals surface area contributed by atoms with Gasteiger partial charge < -0.3 is 10.4 Å². The Morgan fingerprint density at radius 3 is 2.95 bits per heavy atom. The van der Waals surface area contributed by atoms with Crippen molar-refractivity contribution in [3.8, 4) is 5.75 Å². The molecule has 6 heteroatoms. The van der Waals surface area contributed by atoms with E-state index in [1.807, 2.05) is 35.7 Å². The summed E-state index contributed by atoms with van der Waals surface area (Å²) in [6, 6.07) is 9.58. The van der Waals surface area contributed by atoms with E-state index in [0.29, 0.717) is 12.1 Å². The standard InChI is InChI=1S/C15H15FN4O/c1-10(12-6-5-11(16)8-13(12)21)17-9-15-19-18-14-4-2-3-7-20(14)15/h2-8,10,17,21H,9H2,1H3. The molecule has 0 aliphatic rings. The smallest absolute Gasteiger partial charge is 0.160 e. The van der Waals surface area contributed by atoms with E-state index >= 15 is 0 Å². The molecule has 0 aliphatic carbocycles. The Bertz CT molecular complexity index is 771. The van der Waals surface area contributed by atoms with E-state index in [1.165, 1.54) is 6.07 Å². The Balaban J connectivity index is 1.75. The number of phenolic OH excluding ortho intramolecular Hbond substituents is 1. The van der Waals surface area contributed by atoms with Crippen LogP contribution in [-0.2, 0) is 6.54 Å². The van der Waals surface area contributed by atoms with Crippen LogP contribution in [0.15, 0.2) is 42.6 Å². The Labute approximate surface area is 121 Å². The molecule has 1 atom stereocenters. The Kier molecular flexibility index (Phi) is 3.53. The maximum atomic E-state index is 13.0. The van der Waals surface area contributed by atoms with Crippen molar-refractivity contribution >= 4 is 5.65 Å². The fraction of sp³-hybridized carbons (Fsp3) is 0.200. The van der Waals surface area contributed by atoms with Crippen LogP contribution in [0.5, 0.6) is 5.75 Å². The van der Waals surface area contributed by atoms with Gasteiger partial charge in [-0.25, -0.2) is 4.39 Å². The molecule has 0 saturated carbocycles. The van der Waals surface area contributed by atoms with Crippen molar-refractivity contribution in [2.24, 2.45) is 0 Å². The number of nitrogens with one attached hydrogen (secondary N) is 1. The van der Waals surface area contributed by atoms with Gasteiger partial charge in [0.2, 0.25) is 0 Å². The van der Waals surface area contributed by atoms with Gasteiger partial charge in [0.05, 0.1) is 6.54 Å². The first-order valence-corrected chi connectivity index (χ1v) is 6.65. The summed E-state index contributed by atoms with van der Waals surface area (Å²) in [4.78, 5) is 0. The summed E-state index contributed by atoms with van der Waals surface area (Å²) in [5.41, 5.74) is 1.43. The van der Waals surface area contributed by atoms with Crippen LogP contribution in [0, 0.1) is 5.82 Å². The second kappa shape index (κ2) is 5.49. The molecule has 1 aromatic carbocycles. The highest BCUT2D eigenvalue weighted by molar-refractivity contribution is 5.37. The molecule has 3 aromatic rings. The molecule has 2 heterocycles. The summed E-state index contributed by atoms with van der Waals surface area (Å²) in [6.07, 6.45) is 1.90. The predicted octanol–water partition coefficient (Wildman–Crippen LogP) is 2.42. The molecule has 0 saturated heterocycles. The normalized spacial score (nSPS) is 12.7. The van der Waals surface area contributed by atoms with Crippen LogP contribution in [0.3, 0.4) is 0 Å². The van der Waals surface area contributed by atoms with Crippen molar-refractivity contribution < 1.29 is 9.50 Å². The summed E-state index contributed by atoms with van der Waals surface area (Å²) in [5, 5.41) is 21.2. The third-order valence-corrected chi connectivity index (χ3v) is 3.41. The van der Waals surface area contributed by atoms with Gasteiger partial charge in [-0.3, -0.25) is 4.40 Å². The molecule has 0 bridgehead atoms. The molecule has 2 N–H and O–H groups in total. The average Bonchev–Trinajstić information content (AvgIpc) is 2.88. The lowest BCUT2D eigenvalue weighted by atomic mass is 10.1. The van der Waals surface area contributed by atoms with Gasteiger partial charge in [0.15, 0.2) is 11.5 Å². The van der Waals surface area contributed by atoms with E-state index in [0.717, 1.165) is 17.5 Å². The molecular weight excluding hydrogens is 271 g/mol. The number of hydrogen-bond acceptors (Lipinski definition) is 4. The molecule has 0 fully saturated rings. The molecule has 21 heavy (non-hydrogen) atoms. The summed E-state index contributed by atoms with van der Waals surface area (Å²) < 4.78 is 14.9. The zero-order chi connectivity index (χ0) is 14.8. The summed E-state index contributed by atoms with van der Waals surface area (Å²) in [6.45, 7) is 2.39. The number of fused-ring (bicyclic) bond motifs is 1. The number of aromatic hydroxyl groups is 1. The lowest BCUT2D eigenvalue weighted by Crippen LogP contribution is -2.19. The van der Waals surface area contributed by atoms with Crippen molar-refractivity contribution in [2.75, 3.05) is 0 Å². The molecule has 2 aromatic heterocycles. The maximum Gasteiger partial charge on any atom is 0.160 e. The predicted molar refractivity (Wildman–Crippen MR) is 76.3 cm³/mol. The quantitative estimate of drug-likeness (QED) is 0.773. The van der Waals surface area contributed by atoms with Crippen LogP contribution in [0.4, 0.5) is 4.39 Å². The zero-order valence-electron chi connectivity index (χ0n) is 11.5. The number of benzene rings is 1.